The van der Waals surface area contributed by atoms with Crippen LogP contribution < -0.4 is 16.0 Å². The first-order valence-corrected chi connectivity index (χ1v) is 6.01. The number of nitrogens with one attached hydrogen (secondary N) is 1. The molecule has 1 atom stereocenters. The lowest BCUT2D eigenvalue weighted by molar-refractivity contribution is 0.736. The first-order valence-electron chi connectivity index (χ1n) is 5.60. The molecule has 1 unspecified atom stereocenters. The predicted molar refractivity (Wildman–Crippen MR) is 72.9 cm³/mol. The molecule has 1 saturated heterocycles. The van der Waals surface area contributed by atoms with E-state index in [1.807, 2.05) is 18.2 Å². The van der Waals surface area contributed by atoms with Crippen molar-refractivity contribution in [2.24, 2.45) is 5.73 Å². The van der Waals surface area contributed by atoms with E-state index in [0.717, 1.165) is 12.2 Å². The van der Waals surface area contributed by atoms with Crippen LogP contribution in [0.25, 0.3) is 0 Å². The zero-order chi connectivity index (χ0) is 11.5. The molecule has 1 fully saturated rings. The van der Waals surface area contributed by atoms with E-state index in [0.29, 0.717) is 11.2 Å². The van der Waals surface area contributed by atoms with Gasteiger partial charge in [0.25, 0.3) is 0 Å². The number of benzene rings is 1. The number of anilines is 2. The first kappa shape index (κ1) is 11.2. The van der Waals surface area contributed by atoms with Gasteiger partial charge in [-0.1, -0.05) is 12.1 Å². The molecular weight excluding hydrogens is 218 g/mol. The fourth-order valence-electron chi connectivity index (χ4n) is 2.25. The average molecular weight is 235 g/mol. The van der Waals surface area contributed by atoms with Gasteiger partial charge >= 0.3 is 0 Å². The summed E-state index contributed by atoms with van der Waals surface area (Å²) in [7, 11) is 0. The van der Waals surface area contributed by atoms with E-state index < -0.39 is 0 Å². The molecule has 3 N–H and O–H groups in total. The van der Waals surface area contributed by atoms with Gasteiger partial charge < -0.3 is 16.0 Å². The van der Waals surface area contributed by atoms with Gasteiger partial charge in [0, 0.05) is 12.6 Å². The molecule has 1 heterocycles. The summed E-state index contributed by atoms with van der Waals surface area (Å²) in [6, 6.07) is 8.76. The summed E-state index contributed by atoms with van der Waals surface area (Å²) in [5.41, 5.74) is 7.73. The van der Waals surface area contributed by atoms with Gasteiger partial charge in [0.15, 0.2) is 5.11 Å². The largest absolute Gasteiger partial charge is 0.376 e. The summed E-state index contributed by atoms with van der Waals surface area (Å²) in [5, 5.41) is 3.36. The Morgan fingerprint density at radius 2 is 2.25 bits per heavy atom. The Hall–Kier alpha value is -1.29. The monoisotopic (exact) mass is 235 g/mol. The quantitative estimate of drug-likeness (QED) is 0.772. The van der Waals surface area contributed by atoms with Gasteiger partial charge in [-0.3, -0.25) is 0 Å². The van der Waals surface area contributed by atoms with Crippen molar-refractivity contribution in [3.63, 3.8) is 0 Å². The summed E-state index contributed by atoms with van der Waals surface area (Å²) in [5.74, 6) is 0. The highest BCUT2D eigenvalue weighted by molar-refractivity contribution is 7.80. The highest BCUT2D eigenvalue weighted by Gasteiger charge is 2.22. The topological polar surface area (TPSA) is 41.3 Å². The lowest BCUT2D eigenvalue weighted by Crippen LogP contribution is -2.28. The molecule has 0 saturated carbocycles. The summed E-state index contributed by atoms with van der Waals surface area (Å²) in [6.07, 6.45) is 2.50. The molecule has 1 aromatic carbocycles. The van der Waals surface area contributed by atoms with Crippen LogP contribution >= 0.6 is 12.2 Å². The van der Waals surface area contributed by atoms with E-state index in [2.05, 4.69) is 23.2 Å². The van der Waals surface area contributed by atoms with Gasteiger partial charge in [-0.25, -0.2) is 0 Å². The fourth-order valence-corrected chi connectivity index (χ4v) is 2.36. The number of nitrogens with two attached hydrogens (primary N) is 1. The van der Waals surface area contributed by atoms with Crippen molar-refractivity contribution >= 4 is 28.7 Å². The lowest BCUT2D eigenvalue weighted by atomic mass is 10.2. The minimum atomic E-state index is 0.319. The van der Waals surface area contributed by atoms with Gasteiger partial charge in [-0.05, 0) is 44.1 Å². The summed E-state index contributed by atoms with van der Waals surface area (Å²) >= 11 is 4.89. The van der Waals surface area contributed by atoms with Crippen LogP contribution in [0.1, 0.15) is 19.8 Å². The Kier molecular flexibility index (Phi) is 3.29. The normalized spacial score (nSPS) is 19.8. The number of hydrogen-bond acceptors (Lipinski definition) is 2. The van der Waals surface area contributed by atoms with Crippen molar-refractivity contribution in [1.82, 2.24) is 0 Å². The summed E-state index contributed by atoms with van der Waals surface area (Å²) < 4.78 is 0. The van der Waals surface area contributed by atoms with Crippen LogP contribution in [0, 0.1) is 0 Å². The number of para-hydroxylation sites is 2. The second kappa shape index (κ2) is 4.70. The van der Waals surface area contributed by atoms with E-state index in [1.54, 1.807) is 0 Å². The maximum atomic E-state index is 5.53. The zero-order valence-corrected chi connectivity index (χ0v) is 10.3. The minimum Gasteiger partial charge on any atom is -0.376 e. The molecule has 0 aromatic heterocycles. The third-order valence-electron chi connectivity index (χ3n) is 3.02. The minimum absolute atomic E-state index is 0.319. The van der Waals surface area contributed by atoms with E-state index in [-0.39, 0.29) is 0 Å². The number of thiocarbonyl (C=S) groups is 1. The third-order valence-corrected chi connectivity index (χ3v) is 3.13. The van der Waals surface area contributed by atoms with E-state index >= 15 is 0 Å². The lowest BCUT2D eigenvalue weighted by Gasteiger charge is -2.26. The maximum Gasteiger partial charge on any atom is 0.168 e. The van der Waals surface area contributed by atoms with Crippen LogP contribution in [0.4, 0.5) is 11.4 Å². The van der Waals surface area contributed by atoms with Crippen molar-refractivity contribution in [1.29, 1.82) is 0 Å². The second-order valence-corrected chi connectivity index (χ2v) is 4.63. The van der Waals surface area contributed by atoms with E-state index in [4.69, 9.17) is 18.0 Å². The van der Waals surface area contributed by atoms with Gasteiger partial charge in [-0.2, -0.15) is 0 Å². The second-order valence-electron chi connectivity index (χ2n) is 4.19. The molecule has 16 heavy (non-hydrogen) atoms. The van der Waals surface area contributed by atoms with Gasteiger partial charge in [-0.15, -0.1) is 0 Å². The van der Waals surface area contributed by atoms with Crippen molar-refractivity contribution in [3.8, 4) is 0 Å². The van der Waals surface area contributed by atoms with Crippen molar-refractivity contribution < 1.29 is 0 Å². The van der Waals surface area contributed by atoms with Gasteiger partial charge in [0.1, 0.15) is 0 Å². The van der Waals surface area contributed by atoms with Crippen molar-refractivity contribution in [3.05, 3.63) is 24.3 Å². The molecule has 0 amide bonds. The standard InChI is InChI=1S/C12H17N3S/c1-9-5-4-8-15(9)11-7-3-2-6-10(11)14-12(13)16/h2-3,6-7,9H,4-5,8H2,1H3,(H3,13,14,16). The molecule has 0 spiro atoms. The van der Waals surface area contributed by atoms with E-state index in [1.165, 1.54) is 18.5 Å². The number of rotatable bonds is 2. The molecule has 86 valence electrons. The molecule has 0 bridgehead atoms. The zero-order valence-electron chi connectivity index (χ0n) is 9.44. The molecule has 2 rings (SSSR count). The van der Waals surface area contributed by atoms with Gasteiger partial charge in [0.05, 0.1) is 11.4 Å². The predicted octanol–water partition coefficient (Wildman–Crippen LogP) is 2.33. The van der Waals surface area contributed by atoms with Crippen LogP contribution in [-0.4, -0.2) is 17.7 Å². The van der Waals surface area contributed by atoms with E-state index in [9.17, 15) is 0 Å². The first-order chi connectivity index (χ1) is 7.68. The fraction of sp³-hybridized carbons (Fsp3) is 0.417. The third kappa shape index (κ3) is 2.27. The Balaban J connectivity index is 2.28. The highest BCUT2D eigenvalue weighted by atomic mass is 32.1. The van der Waals surface area contributed by atoms with Crippen LogP contribution in [0.15, 0.2) is 24.3 Å². The summed E-state index contributed by atoms with van der Waals surface area (Å²) in [4.78, 5) is 2.40. The SMILES string of the molecule is CC1CCCN1c1ccccc1NC(N)=S. The van der Waals surface area contributed by atoms with Crippen LogP contribution in [-0.2, 0) is 0 Å². The molecule has 0 radical (unpaired) electrons. The Labute approximate surface area is 102 Å². The van der Waals surface area contributed by atoms with Crippen LogP contribution in [0.5, 0.6) is 0 Å². The molecule has 4 heteroatoms. The maximum absolute atomic E-state index is 5.53. The number of nitrogens with zero attached hydrogens (tertiary/aromatic N) is 1. The molecule has 1 aliphatic heterocycles. The smallest absolute Gasteiger partial charge is 0.168 e. The number of hydrogen-bond donors (Lipinski definition) is 2. The average Bonchev–Trinajstić information content (AvgIpc) is 2.64. The van der Waals surface area contributed by atoms with Crippen molar-refractivity contribution in [2.45, 2.75) is 25.8 Å². The molecule has 3 nitrogen and oxygen atoms in total. The van der Waals surface area contributed by atoms with Crippen LogP contribution in [0.3, 0.4) is 0 Å². The molecular formula is C12H17N3S. The van der Waals surface area contributed by atoms with Crippen LogP contribution in [0.2, 0.25) is 0 Å². The highest BCUT2D eigenvalue weighted by Crippen LogP contribution is 2.31. The summed E-state index contributed by atoms with van der Waals surface area (Å²) in [6.45, 7) is 3.36. The molecule has 1 aromatic rings. The molecule has 0 aliphatic carbocycles. The van der Waals surface area contributed by atoms with Gasteiger partial charge in [0.2, 0.25) is 0 Å². The molecule has 1 aliphatic rings. The Bertz CT molecular complexity index is 392. The Morgan fingerprint density at radius 1 is 1.50 bits per heavy atom. The Morgan fingerprint density at radius 3 is 2.88 bits per heavy atom. The van der Waals surface area contributed by atoms with Crippen molar-refractivity contribution in [2.75, 3.05) is 16.8 Å².